The summed E-state index contributed by atoms with van der Waals surface area (Å²) in [7, 11) is 0. The van der Waals surface area contributed by atoms with Crippen LogP contribution in [-0.2, 0) is 30.4 Å². The molecule has 1 unspecified atom stereocenters. The SMILES string of the molecule is CC1c2cc(OOCc3ccc(OCCOCC4(C)COC4)cc3)ccc2-c2ccc(OC(=O)c3ccc(OCCOCC4(C)COC4)cc3)cc21. The molecule has 10 nitrogen and oxygen atoms in total. The Morgan fingerprint density at radius 2 is 1.15 bits per heavy atom. The maximum Gasteiger partial charge on any atom is 0.343 e. The highest BCUT2D eigenvalue weighted by Crippen LogP contribution is 2.47. The number of rotatable bonds is 18. The van der Waals surface area contributed by atoms with Gasteiger partial charge in [0.15, 0.2) is 5.75 Å². The highest BCUT2D eigenvalue weighted by molar-refractivity contribution is 5.91. The number of carbonyl (C=O) groups excluding carboxylic acids is 1. The predicted molar refractivity (Wildman–Crippen MR) is 193 cm³/mol. The molecule has 2 heterocycles. The van der Waals surface area contributed by atoms with Gasteiger partial charge in [-0.25, -0.2) is 4.79 Å². The van der Waals surface area contributed by atoms with Crippen LogP contribution in [0.25, 0.3) is 11.1 Å². The molecule has 4 aromatic carbocycles. The van der Waals surface area contributed by atoms with Crippen molar-refractivity contribution in [1.82, 2.24) is 0 Å². The van der Waals surface area contributed by atoms with E-state index in [2.05, 4.69) is 20.8 Å². The molecule has 7 rings (SSSR count). The first kappa shape index (κ1) is 35.9. The lowest BCUT2D eigenvalue weighted by atomic mass is 9.90. The molecule has 0 amide bonds. The van der Waals surface area contributed by atoms with Crippen molar-refractivity contribution in [2.45, 2.75) is 33.3 Å². The van der Waals surface area contributed by atoms with Gasteiger partial charge in [0.25, 0.3) is 0 Å². The molecule has 4 aromatic rings. The molecule has 1 aliphatic carbocycles. The highest BCUT2D eigenvalue weighted by atomic mass is 17.2. The van der Waals surface area contributed by atoms with Gasteiger partial charge in [-0.3, -0.25) is 0 Å². The third kappa shape index (κ3) is 8.77. The predicted octanol–water partition coefficient (Wildman–Crippen LogP) is 7.41. The lowest BCUT2D eigenvalue weighted by molar-refractivity contribution is -0.217. The monoisotopic (exact) mass is 710 g/mol. The fourth-order valence-electron chi connectivity index (χ4n) is 6.41. The largest absolute Gasteiger partial charge is 0.491 e. The van der Waals surface area contributed by atoms with Crippen molar-refractivity contribution < 1.29 is 47.7 Å². The Morgan fingerprint density at radius 1 is 0.654 bits per heavy atom. The van der Waals surface area contributed by atoms with E-state index in [4.69, 9.17) is 42.9 Å². The van der Waals surface area contributed by atoms with E-state index in [0.29, 0.717) is 62.5 Å². The summed E-state index contributed by atoms with van der Waals surface area (Å²) in [6.45, 7) is 13.0. The van der Waals surface area contributed by atoms with Gasteiger partial charge >= 0.3 is 5.97 Å². The minimum Gasteiger partial charge on any atom is -0.491 e. The van der Waals surface area contributed by atoms with Crippen molar-refractivity contribution >= 4 is 5.97 Å². The van der Waals surface area contributed by atoms with Gasteiger partial charge in [-0.15, -0.1) is 0 Å². The second-order valence-electron chi connectivity index (χ2n) is 14.5. The van der Waals surface area contributed by atoms with Crippen LogP contribution < -0.4 is 19.1 Å². The topological polar surface area (TPSA) is 100 Å². The highest BCUT2D eigenvalue weighted by Gasteiger charge is 2.34. The van der Waals surface area contributed by atoms with Crippen LogP contribution in [0.5, 0.6) is 23.0 Å². The van der Waals surface area contributed by atoms with Crippen molar-refractivity contribution in [3.05, 3.63) is 107 Å². The molecule has 52 heavy (non-hydrogen) atoms. The zero-order chi connectivity index (χ0) is 36.0. The average Bonchev–Trinajstić information content (AvgIpc) is 3.40. The standard InChI is InChI=1S/C42H46O10/c1-29-38-20-34(51-40(43)31-6-10-33(11-7-31)49-19-17-45-24-42(3)27-47-28-42)12-14-36(38)37-15-13-35(21-39(29)37)52-50-22-30-4-8-32(9-5-30)48-18-16-44-23-41(2)25-46-26-41/h4-15,20-21,29H,16-19,22-28H2,1-3H3. The van der Waals surface area contributed by atoms with Crippen molar-refractivity contribution in [3.63, 3.8) is 0 Å². The van der Waals surface area contributed by atoms with Crippen LogP contribution >= 0.6 is 0 Å². The van der Waals surface area contributed by atoms with Crippen LogP contribution in [0, 0.1) is 10.8 Å². The summed E-state index contributed by atoms with van der Waals surface area (Å²) in [5, 5.41) is 0. The molecule has 0 N–H and O–H groups in total. The molecule has 3 aliphatic rings. The van der Waals surface area contributed by atoms with E-state index >= 15 is 0 Å². The minimum atomic E-state index is -0.432. The van der Waals surface area contributed by atoms with Crippen molar-refractivity contribution in [2.75, 3.05) is 66.1 Å². The van der Waals surface area contributed by atoms with Crippen molar-refractivity contribution in [1.29, 1.82) is 0 Å². The summed E-state index contributed by atoms with van der Waals surface area (Å²) in [5.41, 5.74) is 6.08. The third-order valence-corrected chi connectivity index (χ3v) is 9.57. The molecule has 1 atom stereocenters. The fraction of sp³-hybridized carbons (Fsp3) is 0.405. The van der Waals surface area contributed by atoms with E-state index < -0.39 is 5.97 Å². The van der Waals surface area contributed by atoms with Crippen LogP contribution in [0.4, 0.5) is 0 Å². The Balaban J connectivity index is 0.846. The van der Waals surface area contributed by atoms with E-state index in [1.54, 1.807) is 24.3 Å². The number of hydrogen-bond acceptors (Lipinski definition) is 10. The zero-order valence-electron chi connectivity index (χ0n) is 30.0. The zero-order valence-corrected chi connectivity index (χ0v) is 30.0. The normalized spacial score (nSPS) is 17.6. The maximum atomic E-state index is 13.0. The van der Waals surface area contributed by atoms with Gasteiger partial charge in [0, 0.05) is 16.7 Å². The van der Waals surface area contributed by atoms with Crippen LogP contribution in [-0.4, -0.2) is 72.0 Å². The maximum absolute atomic E-state index is 13.0. The van der Waals surface area contributed by atoms with E-state index in [1.165, 1.54) is 0 Å². The van der Waals surface area contributed by atoms with E-state index in [0.717, 1.165) is 60.0 Å². The average molecular weight is 711 g/mol. The Morgan fingerprint density at radius 3 is 1.69 bits per heavy atom. The molecule has 10 heteroatoms. The van der Waals surface area contributed by atoms with Gasteiger partial charge < -0.3 is 38.0 Å². The van der Waals surface area contributed by atoms with Crippen LogP contribution in [0.2, 0.25) is 0 Å². The minimum absolute atomic E-state index is 0.0748. The number of carbonyl (C=O) groups is 1. The number of fused-ring (bicyclic) bond motifs is 3. The fourth-order valence-corrected chi connectivity index (χ4v) is 6.41. The Bertz CT molecular complexity index is 1810. The summed E-state index contributed by atoms with van der Waals surface area (Å²) in [4.78, 5) is 24.3. The lowest BCUT2D eigenvalue weighted by Gasteiger charge is -2.37. The summed E-state index contributed by atoms with van der Waals surface area (Å²) in [6, 6.07) is 26.4. The summed E-state index contributed by atoms with van der Waals surface area (Å²) in [5.74, 6) is 2.19. The summed E-state index contributed by atoms with van der Waals surface area (Å²) >= 11 is 0. The van der Waals surface area contributed by atoms with Gasteiger partial charge in [-0.05, 0) is 88.5 Å². The van der Waals surface area contributed by atoms with Gasteiger partial charge in [0.2, 0.25) is 0 Å². The molecule has 0 saturated carbocycles. The Kier molecular flexibility index (Phi) is 11.1. The summed E-state index contributed by atoms with van der Waals surface area (Å²) < 4.78 is 39.3. The first-order valence-electron chi connectivity index (χ1n) is 17.8. The van der Waals surface area contributed by atoms with E-state index in [1.807, 2.05) is 60.7 Å². The van der Waals surface area contributed by atoms with Crippen molar-refractivity contribution in [2.24, 2.45) is 10.8 Å². The number of hydrogen-bond donors (Lipinski definition) is 0. The molecular weight excluding hydrogens is 664 g/mol. The quantitative estimate of drug-likeness (QED) is 0.0341. The molecule has 0 spiro atoms. The first-order valence-corrected chi connectivity index (χ1v) is 17.8. The van der Waals surface area contributed by atoms with Gasteiger partial charge in [-0.1, -0.05) is 45.0 Å². The molecular formula is C42H46O10. The van der Waals surface area contributed by atoms with E-state index in [-0.39, 0.29) is 23.4 Å². The lowest BCUT2D eigenvalue weighted by Crippen LogP contribution is -2.43. The molecule has 0 bridgehead atoms. The number of benzene rings is 4. The Labute approximate surface area is 304 Å². The number of ether oxygens (including phenoxy) is 7. The second-order valence-corrected chi connectivity index (χ2v) is 14.5. The van der Waals surface area contributed by atoms with Gasteiger partial charge in [-0.2, -0.15) is 4.89 Å². The first-order chi connectivity index (χ1) is 25.3. The molecule has 2 saturated heterocycles. The van der Waals surface area contributed by atoms with Gasteiger partial charge in [0.05, 0.1) is 58.4 Å². The van der Waals surface area contributed by atoms with Crippen LogP contribution in [0.3, 0.4) is 0 Å². The second kappa shape index (κ2) is 16.1. The van der Waals surface area contributed by atoms with Crippen molar-refractivity contribution in [3.8, 4) is 34.1 Å². The summed E-state index contributed by atoms with van der Waals surface area (Å²) in [6.07, 6.45) is 0. The molecule has 0 aromatic heterocycles. The Hall–Kier alpha value is -4.45. The van der Waals surface area contributed by atoms with Crippen LogP contribution in [0.1, 0.15) is 53.7 Å². The smallest absolute Gasteiger partial charge is 0.343 e. The molecule has 274 valence electrons. The van der Waals surface area contributed by atoms with Crippen LogP contribution in [0.15, 0.2) is 84.9 Å². The molecule has 0 radical (unpaired) electrons. The van der Waals surface area contributed by atoms with Gasteiger partial charge in [0.1, 0.15) is 37.1 Å². The third-order valence-electron chi connectivity index (χ3n) is 9.57. The molecule has 2 aliphatic heterocycles. The van der Waals surface area contributed by atoms with E-state index in [9.17, 15) is 4.79 Å². The molecule has 2 fully saturated rings. The number of esters is 1.